The first-order valence-electron chi connectivity index (χ1n) is 7.17. The van der Waals surface area contributed by atoms with Gasteiger partial charge in [0.15, 0.2) is 5.69 Å². The molecule has 3 rings (SSSR count). The first kappa shape index (κ1) is 16.1. The van der Waals surface area contributed by atoms with Gasteiger partial charge in [-0.1, -0.05) is 12.1 Å². The maximum absolute atomic E-state index is 13.1. The van der Waals surface area contributed by atoms with Crippen molar-refractivity contribution in [2.24, 2.45) is 0 Å². The molecule has 24 heavy (non-hydrogen) atoms. The molecule has 1 aromatic heterocycles. The average Bonchev–Trinajstić information content (AvgIpc) is 3.10. The highest BCUT2D eigenvalue weighted by atomic mass is 32.1. The van der Waals surface area contributed by atoms with Gasteiger partial charge in [-0.05, 0) is 42.0 Å². The molecule has 0 spiro atoms. The maximum atomic E-state index is 13.1. The van der Waals surface area contributed by atoms with E-state index in [0.29, 0.717) is 5.56 Å². The first-order chi connectivity index (χ1) is 11.7. The minimum Gasteiger partial charge on any atom is -0.497 e. The molecule has 0 aliphatic heterocycles. The molecule has 3 aromatic rings. The smallest absolute Gasteiger partial charge is 0.358 e. The maximum Gasteiger partial charge on any atom is 0.358 e. The van der Waals surface area contributed by atoms with Crippen LogP contribution in [0.25, 0.3) is 10.6 Å². The Labute approximate surface area is 142 Å². The molecule has 2 aromatic carbocycles. The van der Waals surface area contributed by atoms with Crippen molar-refractivity contribution in [3.8, 4) is 16.3 Å². The minimum atomic E-state index is -0.532. The number of aromatic nitrogens is 1. The van der Waals surface area contributed by atoms with E-state index in [0.717, 1.165) is 16.3 Å². The second-order valence-corrected chi connectivity index (χ2v) is 5.83. The molecule has 0 saturated heterocycles. The SMILES string of the molecule is COc1ccc(-c2nc(C(=O)OCc3cccc(F)c3)cs2)cc1. The summed E-state index contributed by atoms with van der Waals surface area (Å²) in [5, 5.41) is 2.36. The molecule has 0 saturated carbocycles. The quantitative estimate of drug-likeness (QED) is 0.648. The Morgan fingerprint density at radius 3 is 2.71 bits per heavy atom. The molecule has 0 amide bonds. The summed E-state index contributed by atoms with van der Waals surface area (Å²) in [5.74, 6) is -0.140. The van der Waals surface area contributed by atoms with Gasteiger partial charge in [-0.15, -0.1) is 11.3 Å². The van der Waals surface area contributed by atoms with Crippen molar-refractivity contribution in [2.45, 2.75) is 6.61 Å². The van der Waals surface area contributed by atoms with Gasteiger partial charge in [0.2, 0.25) is 0 Å². The van der Waals surface area contributed by atoms with Crippen LogP contribution in [0.3, 0.4) is 0 Å². The summed E-state index contributed by atoms with van der Waals surface area (Å²) in [5.41, 5.74) is 1.72. The Kier molecular flexibility index (Phi) is 4.86. The average molecular weight is 343 g/mol. The predicted octanol–water partition coefficient (Wildman–Crippen LogP) is 4.31. The Morgan fingerprint density at radius 1 is 1.21 bits per heavy atom. The third kappa shape index (κ3) is 3.78. The van der Waals surface area contributed by atoms with Crippen molar-refractivity contribution in [3.05, 3.63) is 71.0 Å². The molecule has 122 valence electrons. The molecular formula is C18H14FNO3S. The predicted molar refractivity (Wildman–Crippen MR) is 89.6 cm³/mol. The molecule has 1 heterocycles. The van der Waals surface area contributed by atoms with Crippen LogP contribution in [0.2, 0.25) is 0 Å². The van der Waals surface area contributed by atoms with E-state index in [2.05, 4.69) is 4.98 Å². The van der Waals surface area contributed by atoms with Crippen molar-refractivity contribution in [1.82, 2.24) is 4.98 Å². The van der Waals surface area contributed by atoms with Crippen LogP contribution in [0, 0.1) is 5.82 Å². The van der Waals surface area contributed by atoms with Gasteiger partial charge in [0.1, 0.15) is 23.2 Å². The van der Waals surface area contributed by atoms with E-state index in [1.165, 1.54) is 23.5 Å². The highest BCUT2D eigenvalue weighted by Gasteiger charge is 2.13. The standard InChI is InChI=1S/C18H14FNO3S/c1-22-15-7-5-13(6-8-15)17-20-16(11-24-17)18(21)23-10-12-3-2-4-14(19)9-12/h2-9,11H,10H2,1H3. The van der Waals surface area contributed by atoms with Crippen LogP contribution in [0.1, 0.15) is 16.1 Å². The molecule has 6 heteroatoms. The highest BCUT2D eigenvalue weighted by Crippen LogP contribution is 2.26. The number of carbonyl (C=O) groups is 1. The van der Waals surface area contributed by atoms with Gasteiger partial charge < -0.3 is 9.47 Å². The van der Waals surface area contributed by atoms with Crippen LogP contribution >= 0.6 is 11.3 Å². The Hall–Kier alpha value is -2.73. The van der Waals surface area contributed by atoms with Gasteiger partial charge in [0.05, 0.1) is 7.11 Å². The van der Waals surface area contributed by atoms with Crippen molar-refractivity contribution in [1.29, 1.82) is 0 Å². The fraction of sp³-hybridized carbons (Fsp3) is 0.111. The Bertz CT molecular complexity index is 845. The number of ether oxygens (including phenoxy) is 2. The molecule has 0 aliphatic carbocycles. The number of halogens is 1. The third-order valence-electron chi connectivity index (χ3n) is 3.31. The van der Waals surface area contributed by atoms with Crippen molar-refractivity contribution in [3.63, 3.8) is 0 Å². The van der Waals surface area contributed by atoms with E-state index < -0.39 is 5.97 Å². The number of thiazole rings is 1. The van der Waals surface area contributed by atoms with Crippen LogP contribution in [-0.4, -0.2) is 18.1 Å². The lowest BCUT2D eigenvalue weighted by atomic mass is 10.2. The van der Waals surface area contributed by atoms with Crippen LogP contribution in [0.15, 0.2) is 53.9 Å². The van der Waals surface area contributed by atoms with E-state index in [1.807, 2.05) is 24.3 Å². The summed E-state index contributed by atoms with van der Waals surface area (Å²) in [6.07, 6.45) is 0. The van der Waals surface area contributed by atoms with Gasteiger partial charge in [0, 0.05) is 10.9 Å². The van der Waals surface area contributed by atoms with Crippen LogP contribution in [0.5, 0.6) is 5.75 Å². The molecule has 0 radical (unpaired) electrons. The summed E-state index contributed by atoms with van der Waals surface area (Å²) in [6, 6.07) is 13.4. The van der Waals surface area contributed by atoms with E-state index in [9.17, 15) is 9.18 Å². The zero-order valence-electron chi connectivity index (χ0n) is 12.9. The van der Waals surface area contributed by atoms with Gasteiger partial charge in [-0.2, -0.15) is 0 Å². The van der Waals surface area contributed by atoms with Crippen LogP contribution < -0.4 is 4.74 Å². The van der Waals surface area contributed by atoms with Gasteiger partial charge >= 0.3 is 5.97 Å². The fourth-order valence-electron chi connectivity index (χ4n) is 2.08. The molecule has 4 nitrogen and oxygen atoms in total. The molecule has 0 atom stereocenters. The lowest BCUT2D eigenvalue weighted by Crippen LogP contribution is -2.05. The van der Waals surface area contributed by atoms with Gasteiger partial charge in [-0.3, -0.25) is 0 Å². The Balaban J connectivity index is 1.66. The van der Waals surface area contributed by atoms with Crippen molar-refractivity contribution >= 4 is 17.3 Å². The minimum absolute atomic E-state index is 0.00594. The van der Waals surface area contributed by atoms with Gasteiger partial charge in [-0.25, -0.2) is 14.2 Å². The van der Waals surface area contributed by atoms with Crippen molar-refractivity contribution < 1.29 is 18.7 Å². The zero-order valence-corrected chi connectivity index (χ0v) is 13.7. The number of hydrogen-bond donors (Lipinski definition) is 0. The number of rotatable bonds is 5. The number of esters is 1. The second kappa shape index (κ2) is 7.23. The summed E-state index contributed by atoms with van der Waals surface area (Å²) in [4.78, 5) is 16.4. The van der Waals surface area contributed by atoms with E-state index in [4.69, 9.17) is 9.47 Å². The molecular weight excluding hydrogens is 329 g/mol. The third-order valence-corrected chi connectivity index (χ3v) is 4.20. The summed E-state index contributed by atoms with van der Waals surface area (Å²) in [6.45, 7) is 0.00594. The topological polar surface area (TPSA) is 48.4 Å². The fourth-order valence-corrected chi connectivity index (χ4v) is 2.88. The van der Waals surface area contributed by atoms with E-state index in [-0.39, 0.29) is 18.1 Å². The first-order valence-corrected chi connectivity index (χ1v) is 8.05. The summed E-state index contributed by atoms with van der Waals surface area (Å²) < 4.78 is 23.4. The number of benzene rings is 2. The normalized spacial score (nSPS) is 10.4. The Morgan fingerprint density at radius 2 is 2.00 bits per heavy atom. The second-order valence-electron chi connectivity index (χ2n) is 4.97. The molecule has 0 fully saturated rings. The molecule has 0 N–H and O–H groups in total. The van der Waals surface area contributed by atoms with E-state index >= 15 is 0 Å². The van der Waals surface area contributed by atoms with Gasteiger partial charge in [0.25, 0.3) is 0 Å². The lowest BCUT2D eigenvalue weighted by Gasteiger charge is -2.03. The van der Waals surface area contributed by atoms with Crippen molar-refractivity contribution in [2.75, 3.05) is 7.11 Å². The van der Waals surface area contributed by atoms with Crippen LogP contribution in [0.4, 0.5) is 4.39 Å². The largest absolute Gasteiger partial charge is 0.497 e. The zero-order chi connectivity index (χ0) is 16.9. The molecule has 0 aliphatic rings. The summed E-state index contributed by atoms with van der Waals surface area (Å²) in [7, 11) is 1.60. The number of carbonyl (C=O) groups excluding carboxylic acids is 1. The van der Waals surface area contributed by atoms with Crippen LogP contribution in [-0.2, 0) is 11.3 Å². The van der Waals surface area contributed by atoms with E-state index in [1.54, 1.807) is 24.6 Å². The monoisotopic (exact) mass is 343 g/mol. The number of methoxy groups -OCH3 is 1. The summed E-state index contributed by atoms with van der Waals surface area (Å²) >= 11 is 1.36. The molecule has 0 unspecified atom stereocenters. The number of hydrogen-bond acceptors (Lipinski definition) is 5. The molecule has 0 bridgehead atoms. The lowest BCUT2D eigenvalue weighted by molar-refractivity contribution is 0.0466. The number of nitrogens with zero attached hydrogens (tertiary/aromatic N) is 1. The highest BCUT2D eigenvalue weighted by molar-refractivity contribution is 7.13.